The number of carbonyl (C=O) groups is 3. The van der Waals surface area contributed by atoms with Crippen LogP contribution in [0.2, 0.25) is 0 Å². The smallest absolute Gasteiger partial charge is 0.371 e. The summed E-state index contributed by atoms with van der Waals surface area (Å²) >= 11 is 2.22. The zero-order valence-electron chi connectivity index (χ0n) is 24.1. The summed E-state index contributed by atoms with van der Waals surface area (Å²) in [7, 11) is 0. The summed E-state index contributed by atoms with van der Waals surface area (Å²) in [4.78, 5) is 33.2. The van der Waals surface area contributed by atoms with Gasteiger partial charge in [-0.25, -0.2) is 9.59 Å². The van der Waals surface area contributed by atoms with E-state index in [1.165, 1.54) is 12.1 Å². The van der Waals surface area contributed by atoms with E-state index in [4.69, 9.17) is 28.5 Å². The van der Waals surface area contributed by atoms with Gasteiger partial charge in [-0.2, -0.15) is 0 Å². The van der Waals surface area contributed by atoms with Crippen molar-refractivity contribution >= 4 is 40.3 Å². The maximum atomic E-state index is 11.5. The number of hydrogen-bond acceptors (Lipinski definition) is 7. The number of carboxylic acids is 2. The van der Waals surface area contributed by atoms with Crippen molar-refractivity contribution in [3.05, 3.63) is 128 Å². The second-order valence-electron chi connectivity index (χ2n) is 9.69. The van der Waals surface area contributed by atoms with Crippen LogP contribution in [-0.4, -0.2) is 27.9 Å². The first-order chi connectivity index (χ1) is 21.0. The van der Waals surface area contributed by atoms with Crippen LogP contribution < -0.4 is 9.47 Å². The minimum atomic E-state index is -1.10. The number of benzene rings is 3. The summed E-state index contributed by atoms with van der Waals surface area (Å²) in [6.07, 6.45) is 0. The van der Waals surface area contributed by atoms with Gasteiger partial charge in [0.25, 0.3) is 0 Å². The van der Waals surface area contributed by atoms with E-state index in [2.05, 4.69) is 22.6 Å². The zero-order chi connectivity index (χ0) is 31.8. The minimum Gasteiger partial charge on any atom is -0.489 e. The number of ketones is 1. The fourth-order valence-corrected chi connectivity index (χ4v) is 4.41. The number of furan rings is 2. The molecule has 44 heavy (non-hydrogen) atoms. The third kappa shape index (κ3) is 8.60. The molecular weight excluding hydrogens is 679 g/mol. The molecule has 3 aromatic carbocycles. The molecule has 0 aliphatic heterocycles. The van der Waals surface area contributed by atoms with E-state index in [-0.39, 0.29) is 23.9 Å². The molecule has 2 N–H and O–H groups in total. The molecule has 0 radical (unpaired) electrons. The number of aryl methyl sites for hydroxylation is 2. The Bertz CT molecular complexity index is 1760. The maximum Gasteiger partial charge on any atom is 0.371 e. The third-order valence-corrected chi connectivity index (χ3v) is 7.24. The van der Waals surface area contributed by atoms with Crippen molar-refractivity contribution < 1.29 is 42.9 Å². The van der Waals surface area contributed by atoms with Gasteiger partial charge in [-0.3, -0.25) is 4.79 Å². The number of hydrogen-bond donors (Lipinski definition) is 2. The summed E-state index contributed by atoms with van der Waals surface area (Å²) in [5, 5.41) is 17.7. The molecule has 2 aromatic heterocycles. The monoisotopic (exact) mass is 708 g/mol. The van der Waals surface area contributed by atoms with Crippen molar-refractivity contribution in [2.24, 2.45) is 0 Å². The Morgan fingerprint density at radius 2 is 1.16 bits per heavy atom. The summed E-state index contributed by atoms with van der Waals surface area (Å²) < 4.78 is 22.7. The molecule has 0 aliphatic rings. The van der Waals surface area contributed by atoms with Crippen LogP contribution in [0.5, 0.6) is 11.5 Å². The molecule has 0 unspecified atom stereocenters. The maximum absolute atomic E-state index is 11.5. The van der Waals surface area contributed by atoms with Crippen molar-refractivity contribution in [1.29, 1.82) is 0 Å². The van der Waals surface area contributed by atoms with Gasteiger partial charge >= 0.3 is 11.9 Å². The van der Waals surface area contributed by atoms with E-state index in [9.17, 15) is 14.4 Å². The first kappa shape index (κ1) is 32.1. The minimum absolute atomic E-state index is 0.0306. The summed E-state index contributed by atoms with van der Waals surface area (Å²) in [5.41, 5.74) is 4.05. The lowest BCUT2D eigenvalue weighted by atomic mass is 10.0. The van der Waals surface area contributed by atoms with Gasteiger partial charge < -0.3 is 28.5 Å². The molecule has 0 bridgehead atoms. The highest BCUT2D eigenvalue weighted by atomic mass is 127. The Balaban J connectivity index is 0.000000215. The molecule has 0 atom stereocenters. The predicted molar refractivity (Wildman–Crippen MR) is 171 cm³/mol. The summed E-state index contributed by atoms with van der Waals surface area (Å²) in [6, 6.07) is 25.6. The predicted octanol–water partition coefficient (Wildman–Crippen LogP) is 8.20. The number of halogens is 1. The Labute approximate surface area is 267 Å². The molecular formula is C34H29IO9. The fraction of sp³-hybridized carbons (Fsp3) is 0.147. The summed E-state index contributed by atoms with van der Waals surface area (Å²) in [5.74, 6) is 0.202. The number of Topliss-reactive ketones (excluding diaryl/α,β-unsaturated/α-hetero) is 1. The lowest BCUT2D eigenvalue weighted by Crippen LogP contribution is -1.96. The molecule has 0 fully saturated rings. The molecule has 0 amide bonds. The van der Waals surface area contributed by atoms with Crippen LogP contribution >= 0.6 is 22.6 Å². The van der Waals surface area contributed by atoms with Crippen molar-refractivity contribution in [1.82, 2.24) is 0 Å². The van der Waals surface area contributed by atoms with Crippen molar-refractivity contribution in [3.8, 4) is 22.6 Å². The number of carboxylic acid groups (broad SMARTS) is 2. The van der Waals surface area contributed by atoms with Crippen LogP contribution in [0.4, 0.5) is 0 Å². The average molecular weight is 709 g/mol. The van der Waals surface area contributed by atoms with Gasteiger partial charge in [0.2, 0.25) is 11.5 Å². The van der Waals surface area contributed by atoms with Crippen LogP contribution in [0, 0.1) is 17.4 Å². The second kappa shape index (κ2) is 14.6. The fourth-order valence-electron chi connectivity index (χ4n) is 4.05. The number of ether oxygens (including phenoxy) is 2. The second-order valence-corrected chi connectivity index (χ2v) is 10.9. The van der Waals surface area contributed by atoms with E-state index in [0.29, 0.717) is 35.0 Å². The van der Waals surface area contributed by atoms with Crippen LogP contribution in [0.15, 0.2) is 93.8 Å². The average Bonchev–Trinajstić information content (AvgIpc) is 3.58. The van der Waals surface area contributed by atoms with Crippen molar-refractivity contribution in [2.45, 2.75) is 34.0 Å². The lowest BCUT2D eigenvalue weighted by Gasteiger charge is -2.08. The zero-order valence-corrected chi connectivity index (χ0v) is 26.3. The SMILES string of the molecule is CC(=O)c1cccc(-c2ccc(OCc3cc(C(=O)O)oc3C)cc2)c1.Cc1oc(C(=O)O)cc1COc1ccc(I)cc1. The van der Waals surface area contributed by atoms with Gasteiger partial charge in [0.05, 0.1) is 0 Å². The molecule has 0 saturated heterocycles. The first-order valence-corrected chi connectivity index (χ1v) is 14.5. The molecule has 9 nitrogen and oxygen atoms in total. The molecule has 0 spiro atoms. The highest BCUT2D eigenvalue weighted by Crippen LogP contribution is 2.25. The molecule has 5 aromatic rings. The molecule has 0 saturated carbocycles. The standard InChI is InChI=1S/C21H18O5.C13H11IO4/c1-13(22)16-4-3-5-17(10-16)15-6-8-19(9-7-15)25-12-18-11-20(21(23)24)26-14(18)2;1-8-9(6-12(18-8)13(15)16)7-17-11-4-2-10(14)3-5-11/h3-11H,12H2,1-2H3,(H,23,24);2-6H,7H2,1H3,(H,15,16). The van der Waals surface area contributed by atoms with Crippen LogP contribution in [0.25, 0.3) is 11.1 Å². The third-order valence-electron chi connectivity index (χ3n) is 6.52. The molecule has 2 heterocycles. The van der Waals surface area contributed by atoms with Gasteiger partial charge in [0, 0.05) is 20.3 Å². The van der Waals surface area contributed by atoms with Gasteiger partial charge in [-0.1, -0.05) is 30.3 Å². The quantitative estimate of drug-likeness (QED) is 0.109. The van der Waals surface area contributed by atoms with Crippen molar-refractivity contribution in [3.63, 3.8) is 0 Å². The van der Waals surface area contributed by atoms with Crippen LogP contribution in [0.1, 0.15) is 61.0 Å². The number of carbonyl (C=O) groups excluding carboxylic acids is 1. The lowest BCUT2D eigenvalue weighted by molar-refractivity contribution is 0.0651. The van der Waals surface area contributed by atoms with Gasteiger partial charge in [0.15, 0.2) is 5.78 Å². The van der Waals surface area contributed by atoms with E-state index in [1.54, 1.807) is 26.8 Å². The number of rotatable bonds is 10. The molecule has 226 valence electrons. The van der Waals surface area contributed by atoms with E-state index in [0.717, 1.165) is 26.0 Å². The molecule has 0 aliphatic carbocycles. The van der Waals surface area contributed by atoms with E-state index in [1.807, 2.05) is 66.7 Å². The molecule has 5 rings (SSSR count). The number of aromatic carboxylic acids is 2. The Kier molecular flexibility index (Phi) is 10.6. The highest BCUT2D eigenvalue weighted by molar-refractivity contribution is 14.1. The largest absolute Gasteiger partial charge is 0.489 e. The normalized spacial score (nSPS) is 10.5. The van der Waals surface area contributed by atoms with Gasteiger partial charge in [-0.15, -0.1) is 0 Å². The topological polar surface area (TPSA) is 136 Å². The van der Waals surface area contributed by atoms with Crippen LogP contribution in [-0.2, 0) is 13.2 Å². The first-order valence-electron chi connectivity index (χ1n) is 13.4. The Hall–Kier alpha value is -4.84. The van der Waals surface area contributed by atoms with Gasteiger partial charge in [0.1, 0.15) is 36.2 Å². The van der Waals surface area contributed by atoms with E-state index >= 15 is 0 Å². The van der Waals surface area contributed by atoms with E-state index < -0.39 is 11.9 Å². The van der Waals surface area contributed by atoms with Crippen LogP contribution in [0.3, 0.4) is 0 Å². The van der Waals surface area contributed by atoms with Crippen molar-refractivity contribution in [2.75, 3.05) is 0 Å². The molecule has 10 heteroatoms. The summed E-state index contributed by atoms with van der Waals surface area (Å²) in [6.45, 7) is 5.49. The Morgan fingerprint density at radius 3 is 1.59 bits per heavy atom. The Morgan fingerprint density at radius 1 is 0.682 bits per heavy atom. The highest BCUT2D eigenvalue weighted by Gasteiger charge is 2.14. The van der Waals surface area contributed by atoms with Gasteiger partial charge in [-0.05, 0) is 109 Å².